The van der Waals surface area contributed by atoms with Gasteiger partial charge in [-0.2, -0.15) is 0 Å². The lowest BCUT2D eigenvalue weighted by molar-refractivity contribution is 0.151. The highest BCUT2D eigenvalue weighted by Gasteiger charge is 2.29. The number of rotatable bonds is 2. The predicted molar refractivity (Wildman–Crippen MR) is 89.0 cm³/mol. The van der Waals surface area contributed by atoms with E-state index in [1.165, 1.54) is 17.7 Å². The molecule has 2 aromatic rings. The first-order valence-electron chi connectivity index (χ1n) is 7.66. The number of hydrogen-bond donors (Lipinski definition) is 1. The van der Waals surface area contributed by atoms with Crippen LogP contribution in [0.25, 0.3) is 10.2 Å². The summed E-state index contributed by atoms with van der Waals surface area (Å²) in [7, 11) is 0. The lowest BCUT2D eigenvalue weighted by Crippen LogP contribution is -2.27. The zero-order chi connectivity index (χ0) is 15.9. The third-order valence-electron chi connectivity index (χ3n) is 4.51. The van der Waals surface area contributed by atoms with Gasteiger partial charge in [-0.3, -0.25) is 0 Å². The summed E-state index contributed by atoms with van der Waals surface area (Å²) in [5.41, 5.74) is 7.96. The summed E-state index contributed by atoms with van der Waals surface area (Å²) in [6.07, 6.45) is 2.62. The quantitative estimate of drug-likeness (QED) is 0.908. The monoisotopic (exact) mass is 318 g/mol. The molecule has 0 bridgehead atoms. The van der Waals surface area contributed by atoms with Crippen LogP contribution in [-0.2, 0) is 24.2 Å². The van der Waals surface area contributed by atoms with Gasteiger partial charge >= 0.3 is 6.09 Å². The van der Waals surface area contributed by atoms with Gasteiger partial charge in [0, 0.05) is 16.0 Å². The molecule has 22 heavy (non-hydrogen) atoms. The molecule has 0 fully saturated rings. The van der Waals surface area contributed by atoms with Crippen molar-refractivity contribution in [1.82, 2.24) is 4.98 Å². The van der Waals surface area contributed by atoms with Crippen LogP contribution < -0.4 is 5.73 Å². The summed E-state index contributed by atoms with van der Waals surface area (Å²) in [4.78, 5) is 17.5. The van der Waals surface area contributed by atoms with Gasteiger partial charge in [-0.05, 0) is 48.3 Å². The van der Waals surface area contributed by atoms with E-state index in [1.807, 2.05) is 0 Å². The molecular weight excluding hydrogens is 296 g/mol. The number of aryl methyl sites for hydroxylation is 1. The summed E-state index contributed by atoms with van der Waals surface area (Å²) >= 11 is 1.57. The summed E-state index contributed by atoms with van der Waals surface area (Å²) in [6.45, 7) is 7.18. The number of carbonyl (C=O) groups excluding carboxylic acids is 1. The van der Waals surface area contributed by atoms with Gasteiger partial charge in [-0.15, -0.1) is 11.3 Å². The van der Waals surface area contributed by atoms with Crippen LogP contribution in [0.2, 0.25) is 0 Å². The molecule has 1 aliphatic rings. The van der Waals surface area contributed by atoms with E-state index in [2.05, 4.69) is 32.9 Å². The van der Waals surface area contributed by atoms with Gasteiger partial charge in [-0.25, -0.2) is 9.78 Å². The second-order valence-corrected chi connectivity index (χ2v) is 8.23. The van der Waals surface area contributed by atoms with Crippen molar-refractivity contribution >= 4 is 27.6 Å². The van der Waals surface area contributed by atoms with E-state index >= 15 is 0 Å². The van der Waals surface area contributed by atoms with Crippen molar-refractivity contribution in [2.75, 3.05) is 0 Å². The first-order chi connectivity index (χ1) is 10.3. The third kappa shape index (κ3) is 3.09. The van der Waals surface area contributed by atoms with Crippen molar-refractivity contribution in [2.45, 2.75) is 46.6 Å². The molecule has 0 saturated heterocycles. The Morgan fingerprint density at radius 1 is 1.45 bits per heavy atom. The number of carbonyl (C=O) groups is 1. The highest BCUT2D eigenvalue weighted by molar-refractivity contribution is 7.18. The second kappa shape index (κ2) is 5.54. The molecule has 1 aliphatic carbocycles. The maximum absolute atomic E-state index is 10.7. The van der Waals surface area contributed by atoms with Gasteiger partial charge in [0.05, 0.1) is 0 Å². The summed E-state index contributed by atoms with van der Waals surface area (Å²) in [5.74, 6) is 0.704. The van der Waals surface area contributed by atoms with Gasteiger partial charge in [0.25, 0.3) is 0 Å². The fraction of sp³-hybridized carbons (Fsp3) is 0.529. The van der Waals surface area contributed by atoms with Crippen LogP contribution in [-0.4, -0.2) is 11.1 Å². The molecular formula is C17H22N2O2S. The molecule has 3 rings (SSSR count). The van der Waals surface area contributed by atoms with Gasteiger partial charge in [0.1, 0.15) is 11.4 Å². The molecule has 0 spiro atoms. The normalized spacial score (nSPS) is 18.2. The SMILES string of the molecule is CC(C)(C)C1CCc2nc3sc(COC(N)=O)cc3cc2C1. The number of hydrogen-bond acceptors (Lipinski definition) is 4. The average molecular weight is 318 g/mol. The Kier molecular flexibility index (Phi) is 3.85. The molecule has 0 aliphatic heterocycles. The zero-order valence-electron chi connectivity index (χ0n) is 13.3. The van der Waals surface area contributed by atoms with Gasteiger partial charge < -0.3 is 10.5 Å². The predicted octanol–water partition coefficient (Wildman–Crippen LogP) is 4.04. The molecule has 0 saturated carbocycles. The molecule has 2 heterocycles. The highest BCUT2D eigenvalue weighted by atomic mass is 32.1. The van der Waals surface area contributed by atoms with E-state index in [-0.39, 0.29) is 6.61 Å². The molecule has 2 N–H and O–H groups in total. The Morgan fingerprint density at radius 2 is 2.23 bits per heavy atom. The van der Waals surface area contributed by atoms with E-state index in [9.17, 15) is 4.79 Å². The van der Waals surface area contributed by atoms with Gasteiger partial charge in [0.15, 0.2) is 0 Å². The lowest BCUT2D eigenvalue weighted by Gasteiger charge is -2.34. The Morgan fingerprint density at radius 3 is 2.91 bits per heavy atom. The Labute approximate surface area is 134 Å². The van der Waals surface area contributed by atoms with Gasteiger partial charge in [-0.1, -0.05) is 20.8 Å². The Hall–Kier alpha value is -1.62. The largest absolute Gasteiger partial charge is 0.444 e. The van der Waals surface area contributed by atoms with Crippen molar-refractivity contribution in [3.05, 3.63) is 28.3 Å². The topological polar surface area (TPSA) is 65.2 Å². The van der Waals surface area contributed by atoms with Crippen LogP contribution in [0.1, 0.15) is 43.3 Å². The van der Waals surface area contributed by atoms with Crippen LogP contribution in [0.5, 0.6) is 0 Å². The number of ether oxygens (including phenoxy) is 1. The number of nitrogens with two attached hydrogens (primary N) is 1. The second-order valence-electron chi connectivity index (χ2n) is 7.11. The van der Waals surface area contributed by atoms with Crippen molar-refractivity contribution in [3.63, 3.8) is 0 Å². The number of fused-ring (bicyclic) bond motifs is 2. The zero-order valence-corrected chi connectivity index (χ0v) is 14.1. The first kappa shape index (κ1) is 15.3. The summed E-state index contributed by atoms with van der Waals surface area (Å²) in [5, 5.41) is 1.14. The number of primary amides is 1. The van der Waals surface area contributed by atoms with Crippen LogP contribution in [0.4, 0.5) is 4.79 Å². The van der Waals surface area contributed by atoms with Crippen LogP contribution in [0, 0.1) is 11.3 Å². The standard InChI is InChI=1S/C17H22N2O2S/c1-17(2,3)12-4-5-14-10(7-12)6-11-8-13(9-21-16(18)20)22-15(11)19-14/h6,8,12H,4-5,7,9H2,1-3H3,(H2,18,20). The average Bonchev–Trinajstić information content (AvgIpc) is 2.82. The molecule has 2 aromatic heterocycles. The van der Waals surface area contributed by atoms with Crippen LogP contribution in [0.3, 0.4) is 0 Å². The molecule has 0 aromatic carbocycles. The van der Waals surface area contributed by atoms with E-state index in [1.54, 1.807) is 11.3 Å². The fourth-order valence-corrected chi connectivity index (χ4v) is 4.07. The summed E-state index contributed by atoms with van der Waals surface area (Å²) in [6, 6.07) is 4.32. The van der Waals surface area contributed by atoms with Crippen LogP contribution in [0.15, 0.2) is 12.1 Å². The maximum Gasteiger partial charge on any atom is 0.404 e. The maximum atomic E-state index is 10.7. The molecule has 0 radical (unpaired) electrons. The lowest BCUT2D eigenvalue weighted by atomic mass is 9.71. The fourth-order valence-electron chi connectivity index (χ4n) is 3.13. The number of aromatic nitrogens is 1. The number of thiophene rings is 1. The minimum atomic E-state index is -0.738. The smallest absolute Gasteiger partial charge is 0.404 e. The highest BCUT2D eigenvalue weighted by Crippen LogP contribution is 2.38. The van der Waals surface area contributed by atoms with E-state index in [4.69, 9.17) is 15.5 Å². The minimum absolute atomic E-state index is 0.228. The minimum Gasteiger partial charge on any atom is -0.444 e. The van der Waals surface area contributed by atoms with Gasteiger partial charge in [0.2, 0.25) is 0 Å². The molecule has 1 unspecified atom stereocenters. The number of nitrogens with zero attached hydrogens (tertiary/aromatic N) is 1. The van der Waals surface area contributed by atoms with Crippen molar-refractivity contribution < 1.29 is 9.53 Å². The van der Waals surface area contributed by atoms with Crippen molar-refractivity contribution in [1.29, 1.82) is 0 Å². The molecule has 1 atom stereocenters. The Bertz CT molecular complexity index is 715. The van der Waals surface area contributed by atoms with Crippen molar-refractivity contribution in [2.24, 2.45) is 17.1 Å². The van der Waals surface area contributed by atoms with E-state index < -0.39 is 6.09 Å². The van der Waals surface area contributed by atoms with Crippen LogP contribution >= 0.6 is 11.3 Å². The molecule has 118 valence electrons. The third-order valence-corrected chi connectivity index (χ3v) is 5.52. The van der Waals surface area contributed by atoms with E-state index in [0.29, 0.717) is 11.3 Å². The molecule has 1 amide bonds. The Balaban J connectivity index is 1.88. The molecule has 4 nitrogen and oxygen atoms in total. The van der Waals surface area contributed by atoms with Crippen molar-refractivity contribution in [3.8, 4) is 0 Å². The first-order valence-corrected chi connectivity index (χ1v) is 8.48. The summed E-state index contributed by atoms with van der Waals surface area (Å²) < 4.78 is 4.87. The number of amides is 1. The van der Waals surface area contributed by atoms with E-state index in [0.717, 1.165) is 27.9 Å². The molecule has 5 heteroatoms. The number of pyridine rings is 1.